The number of nitrogens with one attached hydrogen (secondary N) is 1. The van der Waals surface area contributed by atoms with E-state index in [4.69, 9.17) is 4.74 Å². The van der Waals surface area contributed by atoms with Gasteiger partial charge in [-0.2, -0.15) is 0 Å². The van der Waals surface area contributed by atoms with Crippen LogP contribution >= 0.6 is 0 Å². The number of amides is 1. The molecule has 0 spiro atoms. The highest BCUT2D eigenvalue weighted by molar-refractivity contribution is 5.78. The van der Waals surface area contributed by atoms with Crippen molar-refractivity contribution in [1.29, 1.82) is 0 Å². The lowest BCUT2D eigenvalue weighted by Gasteiger charge is -2.33. The highest BCUT2D eigenvalue weighted by Crippen LogP contribution is 2.12. The Kier molecular flexibility index (Phi) is 6.69. The molecule has 1 atom stereocenters. The molecule has 1 aliphatic rings. The second kappa shape index (κ2) is 8.75. The van der Waals surface area contributed by atoms with Crippen LogP contribution in [0.4, 0.5) is 5.69 Å². The lowest BCUT2D eigenvalue weighted by atomic mass is 10.1. The predicted molar refractivity (Wildman–Crippen MR) is 90.8 cm³/mol. The van der Waals surface area contributed by atoms with Crippen molar-refractivity contribution >= 4 is 11.6 Å². The molecule has 7 nitrogen and oxygen atoms in total. The molecule has 1 aliphatic heterocycles. The maximum atomic E-state index is 12.0. The number of rotatable bonds is 7. The fraction of sp³-hybridized carbons (Fsp3) is 0.588. The number of nitro groups is 1. The van der Waals surface area contributed by atoms with Gasteiger partial charge in [0, 0.05) is 38.3 Å². The zero-order valence-electron chi connectivity index (χ0n) is 14.2. The highest BCUT2D eigenvalue weighted by Gasteiger charge is 2.21. The third-order valence-electron chi connectivity index (χ3n) is 3.88. The molecule has 0 saturated carbocycles. The summed E-state index contributed by atoms with van der Waals surface area (Å²) >= 11 is 0. The number of non-ortho nitro benzene ring substituents is 1. The minimum atomic E-state index is -0.451. The number of morpholine rings is 1. The summed E-state index contributed by atoms with van der Waals surface area (Å²) in [5.41, 5.74) is 0.782. The van der Waals surface area contributed by atoms with E-state index < -0.39 is 4.92 Å². The molecule has 1 heterocycles. The summed E-state index contributed by atoms with van der Waals surface area (Å²) in [6.07, 6.45) is 0.221. The summed E-state index contributed by atoms with van der Waals surface area (Å²) in [5.74, 6) is 0.508. The Hall–Kier alpha value is -1.99. The normalized spacial score (nSPS) is 18.5. The van der Waals surface area contributed by atoms with E-state index >= 15 is 0 Å². The molecule has 0 aliphatic carbocycles. The number of hydrogen-bond acceptors (Lipinski definition) is 5. The number of carbonyl (C=O) groups excluding carboxylic acids is 1. The summed E-state index contributed by atoms with van der Waals surface area (Å²) in [5, 5.41) is 13.5. The zero-order valence-corrected chi connectivity index (χ0v) is 14.2. The predicted octanol–water partition coefficient (Wildman–Crippen LogP) is 1.61. The van der Waals surface area contributed by atoms with E-state index in [0.717, 1.165) is 25.2 Å². The fourth-order valence-corrected chi connectivity index (χ4v) is 2.80. The molecule has 1 N–H and O–H groups in total. The van der Waals surface area contributed by atoms with Crippen LogP contribution in [-0.4, -0.2) is 54.6 Å². The van der Waals surface area contributed by atoms with Gasteiger partial charge in [-0.15, -0.1) is 0 Å². The molecule has 132 valence electrons. The van der Waals surface area contributed by atoms with Gasteiger partial charge in [-0.3, -0.25) is 19.8 Å². The molecule has 0 aromatic heterocycles. The monoisotopic (exact) mass is 335 g/mol. The number of ether oxygens (including phenoxy) is 1. The first-order valence-electron chi connectivity index (χ1n) is 8.28. The first-order chi connectivity index (χ1) is 11.4. The molecule has 1 aromatic rings. The summed E-state index contributed by atoms with van der Waals surface area (Å²) in [6, 6.07) is 6.05. The van der Waals surface area contributed by atoms with Crippen LogP contribution in [0.15, 0.2) is 24.3 Å². The maximum Gasteiger partial charge on any atom is 0.269 e. The van der Waals surface area contributed by atoms with Gasteiger partial charge in [-0.25, -0.2) is 0 Å². The van der Waals surface area contributed by atoms with E-state index in [1.807, 2.05) is 0 Å². The molecule has 1 unspecified atom stereocenters. The van der Waals surface area contributed by atoms with Gasteiger partial charge in [0.2, 0.25) is 5.91 Å². The zero-order chi connectivity index (χ0) is 17.5. The lowest BCUT2D eigenvalue weighted by Crippen LogP contribution is -2.48. The van der Waals surface area contributed by atoms with Crippen molar-refractivity contribution in [2.24, 2.45) is 5.92 Å². The number of nitro benzene ring substituents is 1. The van der Waals surface area contributed by atoms with Gasteiger partial charge in [-0.1, -0.05) is 26.0 Å². The van der Waals surface area contributed by atoms with E-state index in [1.54, 1.807) is 12.1 Å². The highest BCUT2D eigenvalue weighted by atomic mass is 16.6. The minimum Gasteiger partial charge on any atom is -0.374 e. The van der Waals surface area contributed by atoms with Crippen molar-refractivity contribution in [1.82, 2.24) is 10.2 Å². The quantitative estimate of drug-likeness (QED) is 0.604. The van der Waals surface area contributed by atoms with Crippen LogP contribution in [-0.2, 0) is 16.0 Å². The minimum absolute atomic E-state index is 0.0123. The third kappa shape index (κ3) is 5.90. The van der Waals surface area contributed by atoms with Crippen LogP contribution < -0.4 is 5.32 Å². The summed E-state index contributed by atoms with van der Waals surface area (Å²) in [4.78, 5) is 24.5. The first-order valence-corrected chi connectivity index (χ1v) is 8.28. The van der Waals surface area contributed by atoms with Crippen molar-refractivity contribution in [3.05, 3.63) is 39.9 Å². The Labute approximate surface area is 142 Å². The second-order valence-electron chi connectivity index (χ2n) is 6.55. The van der Waals surface area contributed by atoms with Crippen molar-refractivity contribution in [2.75, 3.05) is 32.8 Å². The van der Waals surface area contributed by atoms with Crippen LogP contribution in [0.5, 0.6) is 0 Å². The van der Waals surface area contributed by atoms with E-state index in [0.29, 0.717) is 19.1 Å². The maximum absolute atomic E-state index is 12.0. The average molecular weight is 335 g/mol. The van der Waals surface area contributed by atoms with Crippen molar-refractivity contribution < 1.29 is 14.5 Å². The fourth-order valence-electron chi connectivity index (χ4n) is 2.80. The summed E-state index contributed by atoms with van der Waals surface area (Å²) in [6.45, 7) is 8.36. The van der Waals surface area contributed by atoms with Gasteiger partial charge < -0.3 is 10.1 Å². The Morgan fingerprint density at radius 3 is 2.75 bits per heavy atom. The summed E-state index contributed by atoms with van der Waals surface area (Å²) < 4.78 is 5.70. The molecular weight excluding hydrogens is 310 g/mol. The largest absolute Gasteiger partial charge is 0.374 e. The van der Waals surface area contributed by atoms with E-state index in [2.05, 4.69) is 24.1 Å². The molecule has 7 heteroatoms. The van der Waals surface area contributed by atoms with Crippen LogP contribution in [0.25, 0.3) is 0 Å². The van der Waals surface area contributed by atoms with Gasteiger partial charge in [0.15, 0.2) is 0 Å². The van der Waals surface area contributed by atoms with Gasteiger partial charge in [-0.05, 0) is 11.5 Å². The Balaban J connectivity index is 1.75. The number of carbonyl (C=O) groups is 1. The molecule has 2 rings (SSSR count). The second-order valence-corrected chi connectivity index (χ2v) is 6.55. The SMILES string of the molecule is CC(C)CN1CCOC(CNC(=O)Cc2ccc([N+](=O)[O-])cc2)C1. The molecule has 24 heavy (non-hydrogen) atoms. The van der Waals surface area contributed by atoms with Crippen LogP contribution in [0.1, 0.15) is 19.4 Å². The Bertz CT molecular complexity index is 559. The van der Waals surface area contributed by atoms with Gasteiger partial charge >= 0.3 is 0 Å². The Morgan fingerprint density at radius 1 is 1.42 bits per heavy atom. The van der Waals surface area contributed by atoms with E-state index in [-0.39, 0.29) is 24.1 Å². The lowest BCUT2D eigenvalue weighted by molar-refractivity contribution is -0.384. The standard InChI is InChI=1S/C17H25N3O4/c1-13(2)11-19-7-8-24-16(12-19)10-18-17(21)9-14-3-5-15(6-4-14)20(22)23/h3-6,13,16H,7-12H2,1-2H3,(H,18,21). The average Bonchev–Trinajstić information content (AvgIpc) is 2.53. The number of nitrogens with zero attached hydrogens (tertiary/aromatic N) is 2. The van der Waals surface area contributed by atoms with Crippen LogP contribution in [0.3, 0.4) is 0 Å². The van der Waals surface area contributed by atoms with E-state index in [1.165, 1.54) is 12.1 Å². The molecule has 0 bridgehead atoms. The third-order valence-corrected chi connectivity index (χ3v) is 3.88. The number of hydrogen-bond donors (Lipinski definition) is 1. The smallest absolute Gasteiger partial charge is 0.269 e. The van der Waals surface area contributed by atoms with Crippen molar-refractivity contribution in [3.63, 3.8) is 0 Å². The number of benzene rings is 1. The molecule has 1 amide bonds. The topological polar surface area (TPSA) is 84.7 Å². The van der Waals surface area contributed by atoms with E-state index in [9.17, 15) is 14.9 Å². The van der Waals surface area contributed by atoms with Gasteiger partial charge in [0.05, 0.1) is 24.1 Å². The molecule has 0 radical (unpaired) electrons. The molecular formula is C17H25N3O4. The molecule has 1 saturated heterocycles. The first kappa shape index (κ1) is 18.4. The molecule has 1 fully saturated rings. The van der Waals surface area contributed by atoms with Crippen LogP contribution in [0, 0.1) is 16.0 Å². The van der Waals surface area contributed by atoms with Gasteiger partial charge in [0.1, 0.15) is 0 Å². The van der Waals surface area contributed by atoms with Crippen LogP contribution in [0.2, 0.25) is 0 Å². The Morgan fingerprint density at radius 2 is 2.12 bits per heavy atom. The van der Waals surface area contributed by atoms with Crippen molar-refractivity contribution in [2.45, 2.75) is 26.4 Å². The van der Waals surface area contributed by atoms with Gasteiger partial charge in [0.25, 0.3) is 5.69 Å². The molecule has 1 aromatic carbocycles. The summed E-state index contributed by atoms with van der Waals surface area (Å²) in [7, 11) is 0. The van der Waals surface area contributed by atoms with Crippen molar-refractivity contribution in [3.8, 4) is 0 Å².